The van der Waals surface area contributed by atoms with Gasteiger partial charge in [-0.2, -0.15) is 0 Å². The first-order valence-electron chi connectivity index (χ1n) is 5.63. The number of ether oxygens (including phenoxy) is 1. The predicted molar refractivity (Wildman–Crippen MR) is 75.5 cm³/mol. The number of hydrogen-bond acceptors (Lipinski definition) is 3. The monoisotopic (exact) mass is 256 g/mol. The van der Waals surface area contributed by atoms with E-state index in [1.807, 2.05) is 24.3 Å². The highest BCUT2D eigenvalue weighted by Gasteiger charge is 2.05. The smallest absolute Gasteiger partial charge is 0.120 e. The Hall–Kier alpha value is -2.00. The van der Waals surface area contributed by atoms with Gasteiger partial charge in [0, 0.05) is 9.58 Å². The first kappa shape index (κ1) is 11.1. The number of aromatic hydroxyl groups is 1. The zero-order valence-electron chi connectivity index (χ0n) is 9.88. The van der Waals surface area contributed by atoms with E-state index in [2.05, 4.69) is 12.1 Å². The number of fused-ring (bicyclic) bond motifs is 1. The molecule has 0 amide bonds. The van der Waals surface area contributed by atoms with Crippen LogP contribution >= 0.6 is 11.3 Å². The number of benzene rings is 2. The maximum absolute atomic E-state index is 9.30. The minimum atomic E-state index is 0.293. The number of phenolic OH excluding ortho intramolecular Hbond substituents is 1. The van der Waals surface area contributed by atoms with E-state index in [1.54, 1.807) is 30.6 Å². The van der Waals surface area contributed by atoms with Gasteiger partial charge in [0.05, 0.1) is 7.11 Å². The summed E-state index contributed by atoms with van der Waals surface area (Å²) in [5.74, 6) is 1.17. The molecule has 2 nitrogen and oxygen atoms in total. The molecule has 0 unspecified atom stereocenters. The van der Waals surface area contributed by atoms with Gasteiger partial charge in [0.2, 0.25) is 0 Å². The molecule has 0 saturated carbocycles. The minimum absolute atomic E-state index is 0.293. The van der Waals surface area contributed by atoms with Crippen LogP contribution in [0.25, 0.3) is 20.5 Å². The summed E-state index contributed by atoms with van der Waals surface area (Å²) in [4.78, 5) is 1.19. The molecular formula is C15H12O2S. The molecule has 1 heterocycles. The lowest BCUT2D eigenvalue weighted by molar-refractivity contribution is 0.415. The summed E-state index contributed by atoms with van der Waals surface area (Å²) in [6.07, 6.45) is 0. The first-order chi connectivity index (χ1) is 8.76. The molecule has 2 aromatic carbocycles. The van der Waals surface area contributed by atoms with E-state index in [0.717, 1.165) is 11.3 Å². The van der Waals surface area contributed by atoms with Gasteiger partial charge in [0.1, 0.15) is 11.5 Å². The number of rotatable bonds is 2. The summed E-state index contributed by atoms with van der Waals surface area (Å²) in [6, 6.07) is 15.5. The largest absolute Gasteiger partial charge is 0.508 e. The molecule has 18 heavy (non-hydrogen) atoms. The summed E-state index contributed by atoms with van der Waals surface area (Å²) < 4.78 is 6.43. The summed E-state index contributed by atoms with van der Waals surface area (Å²) in [5.41, 5.74) is 1.12. The van der Waals surface area contributed by atoms with E-state index >= 15 is 0 Å². The summed E-state index contributed by atoms with van der Waals surface area (Å²) >= 11 is 1.72. The van der Waals surface area contributed by atoms with Crippen molar-refractivity contribution in [3.05, 3.63) is 48.5 Å². The SMILES string of the molecule is COc1ccc2cc(-c3ccc(O)cc3)sc2c1. The number of hydrogen-bond donors (Lipinski definition) is 1. The van der Waals surface area contributed by atoms with Crippen molar-refractivity contribution in [2.45, 2.75) is 0 Å². The maximum atomic E-state index is 9.30. The average molecular weight is 256 g/mol. The van der Waals surface area contributed by atoms with Gasteiger partial charge in [-0.3, -0.25) is 0 Å². The van der Waals surface area contributed by atoms with Crippen molar-refractivity contribution < 1.29 is 9.84 Å². The van der Waals surface area contributed by atoms with Gasteiger partial charge < -0.3 is 9.84 Å². The van der Waals surface area contributed by atoms with Crippen molar-refractivity contribution in [2.75, 3.05) is 7.11 Å². The molecule has 0 atom stereocenters. The molecule has 3 heteroatoms. The van der Waals surface area contributed by atoms with Crippen molar-refractivity contribution in [3.8, 4) is 21.9 Å². The molecule has 0 spiro atoms. The third kappa shape index (κ3) is 1.93. The lowest BCUT2D eigenvalue weighted by Gasteiger charge is -1.97. The van der Waals surface area contributed by atoms with Gasteiger partial charge in [0.15, 0.2) is 0 Å². The van der Waals surface area contributed by atoms with E-state index in [-0.39, 0.29) is 0 Å². The first-order valence-corrected chi connectivity index (χ1v) is 6.45. The van der Waals surface area contributed by atoms with Crippen molar-refractivity contribution >= 4 is 21.4 Å². The molecule has 0 fully saturated rings. The maximum Gasteiger partial charge on any atom is 0.120 e. The second-order valence-electron chi connectivity index (χ2n) is 4.06. The van der Waals surface area contributed by atoms with E-state index in [4.69, 9.17) is 4.74 Å². The molecule has 90 valence electrons. The Morgan fingerprint density at radius 2 is 1.78 bits per heavy atom. The fraction of sp³-hybridized carbons (Fsp3) is 0.0667. The Labute approximate surface area is 109 Å². The molecule has 0 aliphatic heterocycles. The third-order valence-corrected chi connectivity index (χ3v) is 4.03. The van der Waals surface area contributed by atoms with Crippen LogP contribution in [0.1, 0.15) is 0 Å². The fourth-order valence-corrected chi connectivity index (χ4v) is 3.00. The van der Waals surface area contributed by atoms with Crippen LogP contribution in [0.15, 0.2) is 48.5 Å². The average Bonchev–Trinajstić information content (AvgIpc) is 2.82. The van der Waals surface area contributed by atoms with Crippen LogP contribution in [0.3, 0.4) is 0 Å². The summed E-state index contributed by atoms with van der Waals surface area (Å²) in [6.45, 7) is 0. The third-order valence-electron chi connectivity index (χ3n) is 2.88. The second kappa shape index (κ2) is 4.35. The van der Waals surface area contributed by atoms with Crippen LogP contribution in [0.5, 0.6) is 11.5 Å². The van der Waals surface area contributed by atoms with Crippen LogP contribution < -0.4 is 4.74 Å². The molecular weight excluding hydrogens is 244 g/mol. The van der Waals surface area contributed by atoms with E-state index < -0.39 is 0 Å². The van der Waals surface area contributed by atoms with Gasteiger partial charge in [0.25, 0.3) is 0 Å². The number of phenols is 1. The van der Waals surface area contributed by atoms with E-state index in [9.17, 15) is 5.11 Å². The molecule has 1 aromatic heterocycles. The van der Waals surface area contributed by atoms with Crippen LogP contribution in [0.4, 0.5) is 0 Å². The van der Waals surface area contributed by atoms with Crippen molar-refractivity contribution in [2.24, 2.45) is 0 Å². The second-order valence-corrected chi connectivity index (χ2v) is 5.15. The summed E-state index contributed by atoms with van der Waals surface area (Å²) in [5, 5.41) is 10.5. The molecule has 3 aromatic rings. The molecule has 3 rings (SSSR count). The number of thiophene rings is 1. The Morgan fingerprint density at radius 1 is 1.00 bits per heavy atom. The van der Waals surface area contributed by atoms with Crippen LogP contribution in [0, 0.1) is 0 Å². The highest BCUT2D eigenvalue weighted by atomic mass is 32.1. The molecule has 0 aliphatic rings. The molecule has 0 aliphatic carbocycles. The lowest BCUT2D eigenvalue weighted by Crippen LogP contribution is -1.79. The Bertz CT molecular complexity index is 683. The number of methoxy groups -OCH3 is 1. The van der Waals surface area contributed by atoms with Crippen molar-refractivity contribution in [1.29, 1.82) is 0 Å². The van der Waals surface area contributed by atoms with Gasteiger partial charge in [-0.1, -0.05) is 0 Å². The van der Waals surface area contributed by atoms with Gasteiger partial charge in [-0.15, -0.1) is 11.3 Å². The Balaban J connectivity index is 2.10. The van der Waals surface area contributed by atoms with E-state index in [1.165, 1.54) is 15.0 Å². The van der Waals surface area contributed by atoms with Crippen LogP contribution in [0.2, 0.25) is 0 Å². The van der Waals surface area contributed by atoms with Gasteiger partial charge in [-0.05, 0) is 59.5 Å². The topological polar surface area (TPSA) is 29.5 Å². The zero-order chi connectivity index (χ0) is 12.5. The van der Waals surface area contributed by atoms with E-state index in [0.29, 0.717) is 5.75 Å². The standard InChI is InChI=1S/C15H12O2S/c1-17-13-7-4-11-8-14(18-15(11)9-13)10-2-5-12(16)6-3-10/h2-9,16H,1H3. The predicted octanol–water partition coefficient (Wildman–Crippen LogP) is 4.28. The molecule has 0 bridgehead atoms. The van der Waals surface area contributed by atoms with Gasteiger partial charge >= 0.3 is 0 Å². The van der Waals surface area contributed by atoms with Crippen molar-refractivity contribution in [3.63, 3.8) is 0 Å². The lowest BCUT2D eigenvalue weighted by atomic mass is 10.1. The van der Waals surface area contributed by atoms with Crippen molar-refractivity contribution in [1.82, 2.24) is 0 Å². The quantitative estimate of drug-likeness (QED) is 0.741. The fourth-order valence-electron chi connectivity index (χ4n) is 1.91. The van der Waals surface area contributed by atoms with Gasteiger partial charge in [-0.25, -0.2) is 0 Å². The highest BCUT2D eigenvalue weighted by molar-refractivity contribution is 7.22. The molecule has 1 N–H and O–H groups in total. The molecule has 0 saturated heterocycles. The normalized spacial score (nSPS) is 10.7. The Kier molecular flexibility index (Phi) is 2.68. The zero-order valence-corrected chi connectivity index (χ0v) is 10.7. The minimum Gasteiger partial charge on any atom is -0.508 e. The molecule has 0 radical (unpaired) electrons. The van der Waals surface area contributed by atoms with Crippen LogP contribution in [-0.4, -0.2) is 12.2 Å². The Morgan fingerprint density at radius 3 is 2.50 bits per heavy atom. The van der Waals surface area contributed by atoms with Crippen LogP contribution in [-0.2, 0) is 0 Å². The summed E-state index contributed by atoms with van der Waals surface area (Å²) in [7, 11) is 1.68. The highest BCUT2D eigenvalue weighted by Crippen LogP contribution is 2.35.